The van der Waals surface area contributed by atoms with Gasteiger partial charge in [0.15, 0.2) is 0 Å². The van der Waals surface area contributed by atoms with E-state index in [1.165, 1.54) is 23.4 Å². The first kappa shape index (κ1) is 8.24. The molecule has 1 aromatic rings. The molecule has 12 heavy (non-hydrogen) atoms. The summed E-state index contributed by atoms with van der Waals surface area (Å²) in [4.78, 5) is 1.42. The zero-order valence-corrected chi connectivity index (χ0v) is 8.74. The minimum atomic E-state index is 0.283. The number of aromatic nitrogens is 1. The Hall–Kier alpha value is -0.370. The normalized spacial score (nSPS) is 18.2. The number of hydrogen-bond donors (Lipinski definition) is 0. The quantitative estimate of drug-likeness (QED) is 0.647. The minimum Gasteiger partial charge on any atom is -0.197 e. The van der Waals surface area contributed by atoms with Gasteiger partial charge in [-0.1, -0.05) is 20.8 Å². The van der Waals surface area contributed by atoms with Crippen LogP contribution in [0.2, 0.25) is 0 Å². The Labute approximate surface area is 78.0 Å². The molecule has 0 spiro atoms. The highest BCUT2D eigenvalue weighted by atomic mass is 32.1. The monoisotopic (exact) mass is 181 g/mol. The van der Waals surface area contributed by atoms with Crippen molar-refractivity contribution < 1.29 is 0 Å². The molecule has 0 saturated heterocycles. The number of hydrogen-bond acceptors (Lipinski definition) is 2. The summed E-state index contributed by atoms with van der Waals surface area (Å²) in [7, 11) is 0. The summed E-state index contributed by atoms with van der Waals surface area (Å²) in [5.74, 6) is 0.803. The standard InChI is InChI=1S/C10H15NS/c1-10(2,3)9-6-8(11-12-9)7-4-5-7/h6-7H,4-5H2,1-3H3. The molecule has 1 aliphatic rings. The average molecular weight is 181 g/mol. The lowest BCUT2D eigenvalue weighted by Crippen LogP contribution is -2.07. The van der Waals surface area contributed by atoms with Gasteiger partial charge < -0.3 is 0 Å². The van der Waals surface area contributed by atoms with E-state index in [9.17, 15) is 0 Å². The van der Waals surface area contributed by atoms with E-state index in [0.29, 0.717) is 0 Å². The van der Waals surface area contributed by atoms with Crippen molar-refractivity contribution in [3.63, 3.8) is 0 Å². The third-order valence-electron chi connectivity index (χ3n) is 2.26. The van der Waals surface area contributed by atoms with Crippen molar-refractivity contribution in [1.82, 2.24) is 4.37 Å². The Morgan fingerprint density at radius 1 is 1.42 bits per heavy atom. The summed E-state index contributed by atoms with van der Waals surface area (Å²) in [6.07, 6.45) is 2.71. The Morgan fingerprint density at radius 2 is 2.08 bits per heavy atom. The molecule has 2 rings (SSSR count). The second kappa shape index (κ2) is 2.56. The first-order valence-corrected chi connectivity index (χ1v) is 5.32. The van der Waals surface area contributed by atoms with Gasteiger partial charge in [-0.3, -0.25) is 0 Å². The van der Waals surface area contributed by atoms with Gasteiger partial charge in [0.25, 0.3) is 0 Å². The van der Waals surface area contributed by atoms with E-state index >= 15 is 0 Å². The molecule has 1 nitrogen and oxygen atoms in total. The predicted molar refractivity (Wildman–Crippen MR) is 52.8 cm³/mol. The van der Waals surface area contributed by atoms with Crippen LogP contribution in [0.3, 0.4) is 0 Å². The summed E-state index contributed by atoms with van der Waals surface area (Å²) in [5, 5.41) is 0. The van der Waals surface area contributed by atoms with Crippen LogP contribution in [0.15, 0.2) is 6.07 Å². The Balaban J connectivity index is 2.23. The van der Waals surface area contributed by atoms with Crippen LogP contribution in [0.5, 0.6) is 0 Å². The lowest BCUT2D eigenvalue weighted by molar-refractivity contribution is 0.603. The summed E-state index contributed by atoms with van der Waals surface area (Å²) in [6.45, 7) is 6.74. The molecular formula is C10H15NS. The SMILES string of the molecule is CC(C)(C)c1cc(C2CC2)ns1. The molecule has 0 aliphatic heterocycles. The van der Waals surface area contributed by atoms with Gasteiger partial charge in [0, 0.05) is 10.8 Å². The Kier molecular flexibility index (Phi) is 1.76. The van der Waals surface area contributed by atoms with Crippen LogP contribution in [-0.2, 0) is 5.41 Å². The molecule has 0 aromatic carbocycles. The molecule has 0 bridgehead atoms. The second-order valence-electron chi connectivity index (χ2n) is 4.64. The molecule has 0 radical (unpaired) electrons. The number of rotatable bonds is 1. The highest BCUT2D eigenvalue weighted by Gasteiger charge is 2.27. The molecule has 1 fully saturated rings. The van der Waals surface area contributed by atoms with E-state index < -0.39 is 0 Å². The maximum Gasteiger partial charge on any atom is 0.0576 e. The summed E-state index contributed by atoms with van der Waals surface area (Å²) in [6, 6.07) is 2.29. The van der Waals surface area contributed by atoms with Gasteiger partial charge in [0.05, 0.1) is 5.69 Å². The lowest BCUT2D eigenvalue weighted by Gasteiger charge is -2.14. The fourth-order valence-electron chi connectivity index (χ4n) is 1.21. The van der Waals surface area contributed by atoms with Crippen molar-refractivity contribution in [2.45, 2.75) is 44.9 Å². The summed E-state index contributed by atoms with van der Waals surface area (Å²) in [5.41, 5.74) is 1.62. The zero-order chi connectivity index (χ0) is 8.77. The van der Waals surface area contributed by atoms with Gasteiger partial charge in [-0.15, -0.1) is 0 Å². The van der Waals surface area contributed by atoms with E-state index in [0.717, 1.165) is 5.92 Å². The molecule has 1 aliphatic carbocycles. The highest BCUT2D eigenvalue weighted by Crippen LogP contribution is 2.41. The van der Waals surface area contributed by atoms with Crippen LogP contribution < -0.4 is 0 Å². The Bertz CT molecular complexity index is 278. The first-order valence-electron chi connectivity index (χ1n) is 4.54. The van der Waals surface area contributed by atoms with Crippen molar-refractivity contribution in [3.8, 4) is 0 Å². The van der Waals surface area contributed by atoms with E-state index in [1.807, 2.05) is 0 Å². The molecule has 0 amide bonds. The first-order chi connectivity index (χ1) is 5.57. The second-order valence-corrected chi connectivity index (χ2v) is 5.45. The topological polar surface area (TPSA) is 12.9 Å². The van der Waals surface area contributed by atoms with Crippen molar-refractivity contribution in [2.75, 3.05) is 0 Å². The molecule has 0 unspecified atom stereocenters. The van der Waals surface area contributed by atoms with Crippen molar-refractivity contribution in [2.24, 2.45) is 0 Å². The summed E-state index contributed by atoms with van der Waals surface area (Å²) >= 11 is 1.67. The Morgan fingerprint density at radius 3 is 2.50 bits per heavy atom. The maximum atomic E-state index is 4.49. The average Bonchev–Trinajstić information content (AvgIpc) is 2.66. The highest BCUT2D eigenvalue weighted by molar-refractivity contribution is 7.06. The molecule has 2 heteroatoms. The van der Waals surface area contributed by atoms with E-state index in [4.69, 9.17) is 0 Å². The number of nitrogens with zero attached hydrogens (tertiary/aromatic N) is 1. The van der Waals surface area contributed by atoms with E-state index in [-0.39, 0.29) is 5.41 Å². The summed E-state index contributed by atoms with van der Waals surface area (Å²) < 4.78 is 4.49. The van der Waals surface area contributed by atoms with Gasteiger partial charge in [0.1, 0.15) is 0 Å². The van der Waals surface area contributed by atoms with Crippen LogP contribution in [0.4, 0.5) is 0 Å². The van der Waals surface area contributed by atoms with Crippen LogP contribution in [0, 0.1) is 0 Å². The lowest BCUT2D eigenvalue weighted by atomic mass is 9.94. The van der Waals surface area contributed by atoms with Gasteiger partial charge >= 0.3 is 0 Å². The van der Waals surface area contributed by atoms with Gasteiger partial charge in [-0.2, -0.15) is 4.37 Å². The van der Waals surface area contributed by atoms with Crippen molar-refractivity contribution in [1.29, 1.82) is 0 Å². The molecule has 1 heterocycles. The van der Waals surface area contributed by atoms with Crippen LogP contribution in [-0.4, -0.2) is 4.37 Å². The third-order valence-corrected chi connectivity index (χ3v) is 3.49. The molecule has 1 aromatic heterocycles. The van der Waals surface area contributed by atoms with Gasteiger partial charge in [-0.05, 0) is 35.9 Å². The fourth-order valence-corrected chi connectivity index (χ4v) is 2.07. The van der Waals surface area contributed by atoms with Crippen molar-refractivity contribution in [3.05, 3.63) is 16.6 Å². The fraction of sp³-hybridized carbons (Fsp3) is 0.700. The maximum absolute atomic E-state index is 4.49. The molecule has 0 atom stereocenters. The third kappa shape index (κ3) is 1.53. The molecule has 0 N–H and O–H groups in total. The largest absolute Gasteiger partial charge is 0.197 e. The van der Waals surface area contributed by atoms with Crippen molar-refractivity contribution >= 4 is 11.5 Å². The predicted octanol–water partition coefficient (Wildman–Crippen LogP) is 3.32. The molecular weight excluding hydrogens is 166 g/mol. The van der Waals surface area contributed by atoms with Gasteiger partial charge in [0.2, 0.25) is 0 Å². The minimum absolute atomic E-state index is 0.283. The van der Waals surface area contributed by atoms with E-state index in [1.54, 1.807) is 11.5 Å². The van der Waals surface area contributed by atoms with Crippen LogP contribution in [0.1, 0.15) is 50.1 Å². The molecule has 66 valence electrons. The molecule has 1 saturated carbocycles. The zero-order valence-electron chi connectivity index (χ0n) is 7.92. The smallest absolute Gasteiger partial charge is 0.0576 e. The van der Waals surface area contributed by atoms with E-state index in [2.05, 4.69) is 31.2 Å². The van der Waals surface area contributed by atoms with Gasteiger partial charge in [-0.25, -0.2) is 0 Å². The van der Waals surface area contributed by atoms with Crippen LogP contribution in [0.25, 0.3) is 0 Å². The van der Waals surface area contributed by atoms with Crippen LogP contribution >= 0.6 is 11.5 Å².